The van der Waals surface area contributed by atoms with Crippen LogP contribution in [0.3, 0.4) is 0 Å². The lowest BCUT2D eigenvalue weighted by Gasteiger charge is -2.40. The van der Waals surface area contributed by atoms with E-state index in [0.717, 1.165) is 48.9 Å². The van der Waals surface area contributed by atoms with Gasteiger partial charge in [0.2, 0.25) is 0 Å². The first kappa shape index (κ1) is 15.9. The van der Waals surface area contributed by atoms with Gasteiger partial charge in [0.25, 0.3) is 0 Å². The van der Waals surface area contributed by atoms with E-state index in [-0.39, 0.29) is 11.4 Å². The summed E-state index contributed by atoms with van der Waals surface area (Å²) in [5.41, 5.74) is 1.13. The molecule has 0 spiro atoms. The fourth-order valence-electron chi connectivity index (χ4n) is 2.86. The number of ether oxygens (including phenoxy) is 1. The van der Waals surface area contributed by atoms with Gasteiger partial charge in [-0.2, -0.15) is 0 Å². The Morgan fingerprint density at radius 2 is 2.15 bits per heavy atom. The molecule has 1 fully saturated rings. The third kappa shape index (κ3) is 3.80. The monoisotopic (exact) mass is 343 g/mol. The minimum Gasteiger partial charge on any atom is -0.375 e. The fraction of sp³-hybridized carbons (Fsp3) is 0.625. The van der Waals surface area contributed by atoms with Crippen LogP contribution < -0.4 is 5.32 Å². The molecule has 1 heterocycles. The van der Waals surface area contributed by atoms with Crippen LogP contribution in [0.4, 0.5) is 4.39 Å². The van der Waals surface area contributed by atoms with Crippen LogP contribution in [0.2, 0.25) is 0 Å². The van der Waals surface area contributed by atoms with Gasteiger partial charge in [-0.05, 0) is 43.4 Å². The number of hydrogen-bond acceptors (Lipinski definition) is 2. The van der Waals surface area contributed by atoms with Gasteiger partial charge in [-0.25, -0.2) is 4.39 Å². The molecule has 0 radical (unpaired) electrons. The van der Waals surface area contributed by atoms with Crippen molar-refractivity contribution in [3.8, 4) is 0 Å². The molecule has 1 aliphatic rings. The van der Waals surface area contributed by atoms with E-state index in [2.05, 4.69) is 35.1 Å². The van der Waals surface area contributed by atoms with E-state index in [1.54, 1.807) is 0 Å². The predicted octanol–water partition coefficient (Wildman–Crippen LogP) is 4.42. The van der Waals surface area contributed by atoms with E-state index in [1.165, 1.54) is 12.1 Å². The average Bonchev–Trinajstić information content (AvgIpc) is 2.46. The zero-order chi connectivity index (χ0) is 14.6. The maximum Gasteiger partial charge on any atom is 0.124 e. The molecule has 1 saturated heterocycles. The second-order valence-electron chi connectivity index (χ2n) is 5.54. The van der Waals surface area contributed by atoms with E-state index >= 15 is 0 Å². The van der Waals surface area contributed by atoms with Crippen molar-refractivity contribution in [1.82, 2.24) is 5.32 Å². The maximum atomic E-state index is 13.1. The molecule has 20 heavy (non-hydrogen) atoms. The van der Waals surface area contributed by atoms with E-state index in [4.69, 9.17) is 4.74 Å². The first-order valence-corrected chi connectivity index (χ1v) is 8.19. The molecule has 0 amide bonds. The molecule has 1 N–H and O–H groups in total. The average molecular weight is 344 g/mol. The summed E-state index contributed by atoms with van der Waals surface area (Å²) in [6, 6.07) is 5.33. The van der Waals surface area contributed by atoms with Crippen LogP contribution in [0, 0.1) is 5.82 Å². The quantitative estimate of drug-likeness (QED) is 0.854. The maximum absolute atomic E-state index is 13.1. The highest BCUT2D eigenvalue weighted by molar-refractivity contribution is 9.10. The van der Waals surface area contributed by atoms with Crippen LogP contribution in [-0.2, 0) is 11.3 Å². The lowest BCUT2D eigenvalue weighted by molar-refractivity contribution is -0.0932. The molecule has 112 valence electrons. The van der Waals surface area contributed by atoms with Crippen molar-refractivity contribution in [2.75, 3.05) is 6.61 Å². The Balaban J connectivity index is 1.93. The van der Waals surface area contributed by atoms with Gasteiger partial charge in [-0.3, -0.25) is 0 Å². The van der Waals surface area contributed by atoms with Crippen LogP contribution in [0.5, 0.6) is 0 Å². The SMILES string of the molecule is CCC1(CC)CC(NCc2ccc(F)cc2Br)CCO1. The van der Waals surface area contributed by atoms with Crippen LogP contribution in [0.15, 0.2) is 22.7 Å². The van der Waals surface area contributed by atoms with Crippen molar-refractivity contribution in [3.63, 3.8) is 0 Å². The predicted molar refractivity (Wildman–Crippen MR) is 83.2 cm³/mol. The molecule has 1 aliphatic heterocycles. The number of halogens is 2. The Hall–Kier alpha value is -0.450. The number of rotatable bonds is 5. The second-order valence-corrected chi connectivity index (χ2v) is 6.40. The zero-order valence-electron chi connectivity index (χ0n) is 12.2. The lowest BCUT2D eigenvalue weighted by Crippen LogP contribution is -2.46. The van der Waals surface area contributed by atoms with Crippen molar-refractivity contribution in [2.45, 2.75) is 57.7 Å². The molecule has 4 heteroatoms. The Kier molecular flexibility index (Phi) is 5.58. The van der Waals surface area contributed by atoms with Crippen LogP contribution >= 0.6 is 15.9 Å². The third-order valence-electron chi connectivity index (χ3n) is 4.38. The largest absolute Gasteiger partial charge is 0.375 e. The Morgan fingerprint density at radius 1 is 1.40 bits per heavy atom. The van der Waals surface area contributed by atoms with Gasteiger partial charge >= 0.3 is 0 Å². The topological polar surface area (TPSA) is 21.3 Å². The summed E-state index contributed by atoms with van der Waals surface area (Å²) in [6.07, 6.45) is 4.21. The molecule has 2 nitrogen and oxygen atoms in total. The van der Waals surface area contributed by atoms with Gasteiger partial charge in [-0.1, -0.05) is 35.8 Å². The number of benzene rings is 1. The smallest absolute Gasteiger partial charge is 0.124 e. The molecule has 1 unspecified atom stereocenters. The zero-order valence-corrected chi connectivity index (χ0v) is 13.8. The Morgan fingerprint density at radius 3 is 2.80 bits per heavy atom. The molecule has 0 saturated carbocycles. The first-order valence-electron chi connectivity index (χ1n) is 7.40. The van der Waals surface area contributed by atoms with Crippen molar-refractivity contribution < 1.29 is 9.13 Å². The summed E-state index contributed by atoms with van der Waals surface area (Å²) in [7, 11) is 0. The van der Waals surface area contributed by atoms with Gasteiger partial charge in [0.1, 0.15) is 5.82 Å². The van der Waals surface area contributed by atoms with Crippen LogP contribution in [0.25, 0.3) is 0 Å². The Bertz CT molecular complexity index is 448. The number of hydrogen-bond donors (Lipinski definition) is 1. The van der Waals surface area contributed by atoms with E-state index in [0.29, 0.717) is 6.04 Å². The van der Waals surface area contributed by atoms with Gasteiger partial charge < -0.3 is 10.1 Å². The highest BCUT2D eigenvalue weighted by Crippen LogP contribution is 2.31. The normalized spacial score (nSPS) is 21.9. The molecule has 2 rings (SSSR count). The highest BCUT2D eigenvalue weighted by Gasteiger charge is 2.34. The first-order chi connectivity index (χ1) is 9.58. The van der Waals surface area contributed by atoms with Crippen LogP contribution in [0.1, 0.15) is 45.1 Å². The van der Waals surface area contributed by atoms with Crippen LogP contribution in [-0.4, -0.2) is 18.2 Å². The van der Waals surface area contributed by atoms with E-state index < -0.39 is 0 Å². The lowest BCUT2D eigenvalue weighted by atomic mass is 9.86. The number of nitrogens with one attached hydrogen (secondary N) is 1. The molecular formula is C16H23BrFNO. The summed E-state index contributed by atoms with van der Waals surface area (Å²) in [5.74, 6) is -0.206. The molecule has 0 aliphatic carbocycles. The summed E-state index contributed by atoms with van der Waals surface area (Å²) in [5, 5.41) is 3.59. The third-order valence-corrected chi connectivity index (χ3v) is 5.12. The minimum absolute atomic E-state index is 0.0376. The molecule has 1 atom stereocenters. The van der Waals surface area contributed by atoms with Crippen molar-refractivity contribution in [1.29, 1.82) is 0 Å². The standard InChI is InChI=1S/C16H23BrFNO/c1-3-16(4-2)10-14(7-8-20-16)19-11-12-5-6-13(18)9-15(12)17/h5-6,9,14,19H,3-4,7-8,10-11H2,1-2H3. The summed E-state index contributed by atoms with van der Waals surface area (Å²) in [6.45, 7) is 5.98. The fourth-order valence-corrected chi connectivity index (χ4v) is 3.36. The minimum atomic E-state index is -0.206. The molecular weight excluding hydrogens is 321 g/mol. The summed E-state index contributed by atoms with van der Waals surface area (Å²) < 4.78 is 19.9. The van der Waals surface area contributed by atoms with Crippen molar-refractivity contribution in [2.24, 2.45) is 0 Å². The van der Waals surface area contributed by atoms with E-state index in [1.807, 2.05) is 6.07 Å². The van der Waals surface area contributed by atoms with Crippen molar-refractivity contribution >= 4 is 15.9 Å². The summed E-state index contributed by atoms with van der Waals surface area (Å²) >= 11 is 3.42. The van der Waals surface area contributed by atoms with E-state index in [9.17, 15) is 4.39 Å². The second kappa shape index (κ2) is 7.01. The highest BCUT2D eigenvalue weighted by atomic mass is 79.9. The van der Waals surface area contributed by atoms with Gasteiger partial charge in [-0.15, -0.1) is 0 Å². The summed E-state index contributed by atoms with van der Waals surface area (Å²) in [4.78, 5) is 0. The molecule has 0 aromatic heterocycles. The van der Waals surface area contributed by atoms with Gasteiger partial charge in [0.15, 0.2) is 0 Å². The molecule has 0 bridgehead atoms. The molecule has 1 aromatic carbocycles. The van der Waals surface area contributed by atoms with Gasteiger partial charge in [0.05, 0.1) is 5.60 Å². The Labute approximate surface area is 129 Å². The van der Waals surface area contributed by atoms with Crippen molar-refractivity contribution in [3.05, 3.63) is 34.1 Å². The molecule has 1 aromatic rings. The van der Waals surface area contributed by atoms with Gasteiger partial charge in [0, 0.05) is 23.7 Å².